The van der Waals surface area contributed by atoms with Crippen LogP contribution in [-0.4, -0.2) is 61.6 Å². The highest BCUT2D eigenvalue weighted by molar-refractivity contribution is 5.78. The molecule has 1 aromatic carbocycles. The average Bonchev–Trinajstić information content (AvgIpc) is 2.54. The van der Waals surface area contributed by atoms with Gasteiger partial charge in [-0.2, -0.15) is 0 Å². The molecule has 1 saturated heterocycles. The topological polar surface area (TPSA) is 58.8 Å². The minimum Gasteiger partial charge on any atom is -0.378 e. The van der Waals surface area contributed by atoms with Gasteiger partial charge in [-0.25, -0.2) is 0 Å². The van der Waals surface area contributed by atoms with Crippen molar-refractivity contribution in [1.29, 1.82) is 0 Å². The predicted octanol–water partition coefficient (Wildman–Crippen LogP) is 0.696. The zero-order valence-corrected chi connectivity index (χ0v) is 12.5. The number of hydrogen-bond acceptors (Lipinski definition) is 4. The van der Waals surface area contributed by atoms with Crippen LogP contribution in [0.5, 0.6) is 0 Å². The second kappa shape index (κ2) is 8.77. The lowest BCUT2D eigenvalue weighted by atomic mass is 10.2. The van der Waals surface area contributed by atoms with Gasteiger partial charge in [0.1, 0.15) is 0 Å². The first-order valence-electron chi connectivity index (χ1n) is 7.61. The molecule has 1 aliphatic heterocycles. The summed E-state index contributed by atoms with van der Waals surface area (Å²) in [6.07, 6.45) is 0.906. The maximum absolute atomic E-state index is 12.4. The Bertz CT molecular complexity index is 419. The maximum Gasteiger partial charge on any atom is 0.236 e. The molecule has 116 valence electrons. The van der Waals surface area contributed by atoms with E-state index in [1.54, 1.807) is 0 Å². The van der Waals surface area contributed by atoms with Crippen LogP contribution in [0.2, 0.25) is 0 Å². The van der Waals surface area contributed by atoms with E-state index in [4.69, 9.17) is 10.5 Å². The van der Waals surface area contributed by atoms with Crippen LogP contribution in [0.15, 0.2) is 30.3 Å². The Hall–Kier alpha value is -1.43. The molecule has 21 heavy (non-hydrogen) atoms. The van der Waals surface area contributed by atoms with E-state index < -0.39 is 0 Å². The Labute approximate surface area is 126 Å². The minimum absolute atomic E-state index is 0.186. The van der Waals surface area contributed by atoms with E-state index >= 15 is 0 Å². The third kappa shape index (κ3) is 5.46. The zero-order chi connectivity index (χ0) is 14.9. The Morgan fingerprint density at radius 2 is 1.95 bits per heavy atom. The molecule has 0 atom stereocenters. The molecular formula is C16H25N3O2. The highest BCUT2D eigenvalue weighted by Gasteiger charge is 2.19. The van der Waals surface area contributed by atoms with Crippen LogP contribution in [0.1, 0.15) is 12.0 Å². The molecule has 0 radical (unpaired) electrons. The molecule has 1 amide bonds. The molecule has 0 unspecified atom stereocenters. The smallest absolute Gasteiger partial charge is 0.236 e. The van der Waals surface area contributed by atoms with Crippen molar-refractivity contribution < 1.29 is 9.53 Å². The first-order chi connectivity index (χ1) is 10.3. The first kappa shape index (κ1) is 15.9. The summed E-state index contributed by atoms with van der Waals surface area (Å²) in [5.41, 5.74) is 6.83. The number of rotatable bonds is 7. The van der Waals surface area contributed by atoms with E-state index in [0.29, 0.717) is 39.4 Å². The van der Waals surface area contributed by atoms with Crippen molar-refractivity contribution in [2.75, 3.05) is 45.9 Å². The van der Waals surface area contributed by atoms with E-state index in [9.17, 15) is 4.79 Å². The van der Waals surface area contributed by atoms with Gasteiger partial charge in [-0.1, -0.05) is 30.3 Å². The quantitative estimate of drug-likeness (QED) is 0.803. The Balaban J connectivity index is 1.90. The van der Waals surface area contributed by atoms with E-state index in [0.717, 1.165) is 19.5 Å². The van der Waals surface area contributed by atoms with E-state index in [-0.39, 0.29) is 5.91 Å². The van der Waals surface area contributed by atoms with Crippen LogP contribution in [-0.2, 0) is 16.1 Å². The number of nitrogens with two attached hydrogens (primary N) is 1. The number of morpholine rings is 1. The number of ether oxygens (including phenoxy) is 1. The summed E-state index contributed by atoms with van der Waals surface area (Å²) in [5, 5.41) is 0. The van der Waals surface area contributed by atoms with Gasteiger partial charge in [0.25, 0.3) is 0 Å². The maximum atomic E-state index is 12.4. The molecule has 1 aromatic rings. The number of carbonyl (C=O) groups excluding carboxylic acids is 1. The molecule has 0 spiro atoms. The molecule has 0 aliphatic carbocycles. The molecule has 1 aliphatic rings. The van der Waals surface area contributed by atoms with Gasteiger partial charge >= 0.3 is 0 Å². The molecule has 0 aromatic heterocycles. The van der Waals surface area contributed by atoms with E-state index in [2.05, 4.69) is 17.0 Å². The molecule has 5 nitrogen and oxygen atoms in total. The van der Waals surface area contributed by atoms with Gasteiger partial charge in [0.2, 0.25) is 5.91 Å². The van der Waals surface area contributed by atoms with E-state index in [1.807, 2.05) is 23.1 Å². The van der Waals surface area contributed by atoms with Crippen LogP contribution in [0.3, 0.4) is 0 Å². The fourth-order valence-corrected chi connectivity index (χ4v) is 2.47. The molecule has 2 N–H and O–H groups in total. The Kier molecular flexibility index (Phi) is 6.66. The van der Waals surface area contributed by atoms with Crippen LogP contribution >= 0.6 is 0 Å². The van der Waals surface area contributed by atoms with Crippen LogP contribution in [0.4, 0.5) is 0 Å². The molecule has 0 saturated carbocycles. The monoisotopic (exact) mass is 291 g/mol. The standard InChI is InChI=1S/C16H25N3O2/c17-7-4-8-18(13-15-5-2-1-3-6-15)14-16(20)19-9-11-21-12-10-19/h1-3,5-6H,4,7-14,17H2. The summed E-state index contributed by atoms with van der Waals surface area (Å²) in [4.78, 5) is 16.4. The molecule has 2 rings (SSSR count). The van der Waals surface area contributed by atoms with Crippen LogP contribution in [0, 0.1) is 0 Å². The average molecular weight is 291 g/mol. The number of benzene rings is 1. The zero-order valence-electron chi connectivity index (χ0n) is 12.5. The first-order valence-corrected chi connectivity index (χ1v) is 7.61. The Morgan fingerprint density at radius 3 is 2.62 bits per heavy atom. The van der Waals surface area contributed by atoms with Gasteiger partial charge < -0.3 is 15.4 Å². The normalized spacial score (nSPS) is 15.4. The number of hydrogen-bond donors (Lipinski definition) is 1. The summed E-state index contributed by atoms with van der Waals surface area (Å²) in [6, 6.07) is 10.2. The van der Waals surface area contributed by atoms with Crippen molar-refractivity contribution >= 4 is 5.91 Å². The van der Waals surface area contributed by atoms with Crippen molar-refractivity contribution in [2.45, 2.75) is 13.0 Å². The van der Waals surface area contributed by atoms with Crippen molar-refractivity contribution in [3.05, 3.63) is 35.9 Å². The summed E-state index contributed by atoms with van der Waals surface area (Å²) >= 11 is 0. The van der Waals surface area contributed by atoms with Gasteiger partial charge in [-0.3, -0.25) is 9.69 Å². The fraction of sp³-hybridized carbons (Fsp3) is 0.562. The highest BCUT2D eigenvalue weighted by atomic mass is 16.5. The third-order valence-electron chi connectivity index (χ3n) is 3.65. The SMILES string of the molecule is NCCCN(CC(=O)N1CCOCC1)Cc1ccccc1. The largest absolute Gasteiger partial charge is 0.378 e. The van der Waals surface area contributed by atoms with Crippen LogP contribution < -0.4 is 5.73 Å². The number of nitrogens with zero attached hydrogens (tertiary/aromatic N) is 2. The predicted molar refractivity (Wildman–Crippen MR) is 82.8 cm³/mol. The van der Waals surface area contributed by atoms with Gasteiger partial charge in [0.05, 0.1) is 19.8 Å². The second-order valence-corrected chi connectivity index (χ2v) is 5.33. The van der Waals surface area contributed by atoms with Gasteiger partial charge in [-0.05, 0) is 18.5 Å². The highest BCUT2D eigenvalue weighted by Crippen LogP contribution is 2.07. The summed E-state index contributed by atoms with van der Waals surface area (Å²) < 4.78 is 5.29. The second-order valence-electron chi connectivity index (χ2n) is 5.33. The van der Waals surface area contributed by atoms with Crippen molar-refractivity contribution in [3.63, 3.8) is 0 Å². The lowest BCUT2D eigenvalue weighted by Gasteiger charge is -2.30. The van der Waals surface area contributed by atoms with Crippen molar-refractivity contribution in [1.82, 2.24) is 9.80 Å². The molecule has 1 heterocycles. The van der Waals surface area contributed by atoms with Crippen molar-refractivity contribution in [2.24, 2.45) is 5.73 Å². The molecule has 0 bridgehead atoms. The van der Waals surface area contributed by atoms with Gasteiger partial charge in [0, 0.05) is 26.2 Å². The molecular weight excluding hydrogens is 266 g/mol. The Morgan fingerprint density at radius 1 is 1.24 bits per heavy atom. The lowest BCUT2D eigenvalue weighted by molar-refractivity contribution is -0.136. The fourth-order valence-electron chi connectivity index (χ4n) is 2.47. The van der Waals surface area contributed by atoms with Gasteiger partial charge in [-0.15, -0.1) is 0 Å². The minimum atomic E-state index is 0.186. The molecule has 5 heteroatoms. The summed E-state index contributed by atoms with van der Waals surface area (Å²) in [6.45, 7) is 5.44. The molecule has 1 fully saturated rings. The van der Waals surface area contributed by atoms with Crippen molar-refractivity contribution in [3.8, 4) is 0 Å². The van der Waals surface area contributed by atoms with E-state index in [1.165, 1.54) is 5.56 Å². The summed E-state index contributed by atoms with van der Waals surface area (Å²) in [5.74, 6) is 0.186. The number of amides is 1. The van der Waals surface area contributed by atoms with Crippen LogP contribution in [0.25, 0.3) is 0 Å². The third-order valence-corrected chi connectivity index (χ3v) is 3.65. The summed E-state index contributed by atoms with van der Waals surface area (Å²) in [7, 11) is 0. The lowest BCUT2D eigenvalue weighted by Crippen LogP contribution is -2.45. The van der Waals surface area contributed by atoms with Gasteiger partial charge in [0.15, 0.2) is 0 Å². The number of carbonyl (C=O) groups is 1.